The van der Waals surface area contributed by atoms with E-state index in [1.54, 1.807) is 13.8 Å². The Morgan fingerprint density at radius 1 is 1.28 bits per heavy atom. The third-order valence-electron chi connectivity index (χ3n) is 2.68. The molecule has 18 heavy (non-hydrogen) atoms. The highest BCUT2D eigenvalue weighted by Crippen LogP contribution is 2.19. The van der Waals surface area contributed by atoms with Crippen LogP contribution in [0.5, 0.6) is 0 Å². The highest BCUT2D eigenvalue weighted by molar-refractivity contribution is 6.01. The number of nitrogens with one attached hydrogen (secondary N) is 1. The van der Waals surface area contributed by atoms with Crippen LogP contribution in [0.4, 0.5) is 0 Å². The minimum absolute atomic E-state index is 0.136. The number of nitrogens with two attached hydrogens (primary N) is 1. The van der Waals surface area contributed by atoms with Crippen LogP contribution in [0.1, 0.15) is 46.0 Å². The first kappa shape index (κ1) is 14.0. The van der Waals surface area contributed by atoms with Crippen LogP contribution in [-0.4, -0.2) is 28.7 Å². The third-order valence-corrected chi connectivity index (χ3v) is 2.68. The molecule has 6 heteroatoms. The van der Waals surface area contributed by atoms with Crippen molar-refractivity contribution in [1.29, 1.82) is 0 Å². The van der Waals surface area contributed by atoms with E-state index in [0.717, 1.165) is 0 Å². The lowest BCUT2D eigenvalue weighted by Gasteiger charge is -2.08. The van der Waals surface area contributed by atoms with Gasteiger partial charge in [-0.3, -0.25) is 9.59 Å². The molecule has 0 aliphatic carbocycles. The second-order valence-corrected chi connectivity index (χ2v) is 4.13. The number of amides is 1. The normalized spacial score (nSPS) is 12.0. The standard InChI is InChI=1S/C12H16N2O4/c1-5-9(7(3)15)6(2)14-10(5)12(17)18-8(4)11(13)16/h8,14H,1-4H3,(H2,13,16). The molecule has 0 saturated carbocycles. The van der Waals surface area contributed by atoms with E-state index in [1.807, 2.05) is 0 Å². The number of aromatic nitrogens is 1. The SMILES string of the molecule is CC(=O)c1c(C)[nH]c(C(=O)OC(C)C(N)=O)c1C. The van der Waals surface area contributed by atoms with Gasteiger partial charge in [0.25, 0.3) is 5.91 Å². The quantitative estimate of drug-likeness (QED) is 0.613. The molecule has 98 valence electrons. The monoisotopic (exact) mass is 252 g/mol. The van der Waals surface area contributed by atoms with Gasteiger partial charge in [-0.2, -0.15) is 0 Å². The number of carbonyl (C=O) groups is 3. The molecule has 6 nitrogen and oxygen atoms in total. The van der Waals surface area contributed by atoms with Crippen LogP contribution >= 0.6 is 0 Å². The molecular weight excluding hydrogens is 236 g/mol. The number of esters is 1. The van der Waals surface area contributed by atoms with Crippen molar-refractivity contribution in [2.24, 2.45) is 5.73 Å². The van der Waals surface area contributed by atoms with E-state index in [9.17, 15) is 14.4 Å². The number of aromatic amines is 1. The average Bonchev–Trinajstić information content (AvgIpc) is 2.53. The Morgan fingerprint density at radius 3 is 2.22 bits per heavy atom. The summed E-state index contributed by atoms with van der Waals surface area (Å²) in [5, 5.41) is 0. The van der Waals surface area contributed by atoms with Gasteiger partial charge < -0.3 is 15.5 Å². The Kier molecular flexibility index (Phi) is 3.90. The predicted octanol–water partition coefficient (Wildman–Crippen LogP) is 0.865. The topological polar surface area (TPSA) is 102 Å². The third kappa shape index (κ3) is 2.58. The second kappa shape index (κ2) is 5.03. The van der Waals surface area contributed by atoms with Crippen LogP contribution in [-0.2, 0) is 9.53 Å². The van der Waals surface area contributed by atoms with E-state index >= 15 is 0 Å². The zero-order valence-electron chi connectivity index (χ0n) is 10.8. The number of H-pyrrole nitrogens is 1. The highest BCUT2D eigenvalue weighted by Gasteiger charge is 2.23. The summed E-state index contributed by atoms with van der Waals surface area (Å²) in [5.74, 6) is -1.56. The van der Waals surface area contributed by atoms with Gasteiger partial charge in [-0.1, -0.05) is 0 Å². The zero-order chi connectivity index (χ0) is 14.0. The van der Waals surface area contributed by atoms with Crippen molar-refractivity contribution in [3.8, 4) is 0 Å². The van der Waals surface area contributed by atoms with Crippen LogP contribution in [0.2, 0.25) is 0 Å². The number of ether oxygens (including phenoxy) is 1. The van der Waals surface area contributed by atoms with Gasteiger partial charge in [0, 0.05) is 11.3 Å². The van der Waals surface area contributed by atoms with Gasteiger partial charge >= 0.3 is 5.97 Å². The summed E-state index contributed by atoms with van der Waals surface area (Å²) < 4.78 is 4.87. The molecule has 1 heterocycles. The number of aryl methyl sites for hydroxylation is 1. The fourth-order valence-corrected chi connectivity index (χ4v) is 1.76. The van der Waals surface area contributed by atoms with Crippen LogP contribution in [0.25, 0.3) is 0 Å². The van der Waals surface area contributed by atoms with Gasteiger partial charge in [-0.25, -0.2) is 4.79 Å². The molecule has 0 aromatic carbocycles. The molecule has 0 aliphatic heterocycles. The molecule has 1 aromatic rings. The van der Waals surface area contributed by atoms with Crippen LogP contribution < -0.4 is 5.73 Å². The summed E-state index contributed by atoms with van der Waals surface area (Å²) in [6.45, 7) is 6.14. The van der Waals surface area contributed by atoms with Gasteiger partial charge in [0.05, 0.1) is 0 Å². The number of hydrogen-bond donors (Lipinski definition) is 2. The first-order valence-corrected chi connectivity index (χ1v) is 5.46. The number of primary amides is 1. The Bertz CT molecular complexity index is 516. The molecule has 0 radical (unpaired) electrons. The van der Waals surface area contributed by atoms with Gasteiger partial charge in [0.1, 0.15) is 5.69 Å². The Morgan fingerprint density at radius 2 is 1.83 bits per heavy atom. The molecule has 0 spiro atoms. The summed E-state index contributed by atoms with van der Waals surface area (Å²) in [6, 6.07) is 0. The lowest BCUT2D eigenvalue weighted by molar-refractivity contribution is -0.125. The summed E-state index contributed by atoms with van der Waals surface area (Å²) in [4.78, 5) is 36.8. The van der Waals surface area contributed by atoms with Crippen molar-refractivity contribution in [2.75, 3.05) is 0 Å². The number of hydrogen-bond acceptors (Lipinski definition) is 4. The molecule has 1 amide bonds. The Balaban J connectivity index is 3.05. The fraction of sp³-hybridized carbons (Fsp3) is 0.417. The smallest absolute Gasteiger partial charge is 0.355 e. The van der Waals surface area contributed by atoms with Crippen molar-refractivity contribution in [3.63, 3.8) is 0 Å². The fourth-order valence-electron chi connectivity index (χ4n) is 1.76. The maximum absolute atomic E-state index is 11.8. The van der Waals surface area contributed by atoms with Crippen LogP contribution in [0.3, 0.4) is 0 Å². The second-order valence-electron chi connectivity index (χ2n) is 4.13. The van der Waals surface area contributed by atoms with Crippen molar-refractivity contribution in [1.82, 2.24) is 4.98 Å². The van der Waals surface area contributed by atoms with Crippen molar-refractivity contribution < 1.29 is 19.1 Å². The predicted molar refractivity (Wildman–Crippen MR) is 64.3 cm³/mol. The minimum Gasteiger partial charge on any atom is -0.448 e. The van der Waals surface area contributed by atoms with E-state index in [2.05, 4.69) is 4.98 Å². The van der Waals surface area contributed by atoms with E-state index in [4.69, 9.17) is 10.5 Å². The number of ketones is 1. The van der Waals surface area contributed by atoms with E-state index < -0.39 is 18.0 Å². The van der Waals surface area contributed by atoms with Crippen LogP contribution in [0.15, 0.2) is 0 Å². The van der Waals surface area contributed by atoms with Gasteiger partial charge in [-0.15, -0.1) is 0 Å². The van der Waals surface area contributed by atoms with E-state index in [-0.39, 0.29) is 11.5 Å². The molecule has 3 N–H and O–H groups in total. The maximum Gasteiger partial charge on any atom is 0.355 e. The summed E-state index contributed by atoms with van der Waals surface area (Å²) in [6.07, 6.45) is -1.01. The van der Waals surface area contributed by atoms with Crippen molar-refractivity contribution >= 4 is 17.7 Å². The minimum atomic E-state index is -1.01. The summed E-state index contributed by atoms with van der Waals surface area (Å²) in [7, 11) is 0. The molecule has 1 aromatic heterocycles. The van der Waals surface area contributed by atoms with Gasteiger partial charge in [0.15, 0.2) is 11.9 Å². The Hall–Kier alpha value is -2.11. The first-order chi connectivity index (χ1) is 8.25. The number of carbonyl (C=O) groups excluding carboxylic acids is 3. The number of rotatable bonds is 4. The molecule has 0 saturated heterocycles. The maximum atomic E-state index is 11.8. The van der Waals surface area contributed by atoms with Crippen molar-refractivity contribution in [2.45, 2.75) is 33.8 Å². The molecule has 0 bridgehead atoms. The molecule has 1 atom stereocenters. The van der Waals surface area contributed by atoms with Gasteiger partial charge in [-0.05, 0) is 33.3 Å². The van der Waals surface area contributed by atoms with Gasteiger partial charge in [0.2, 0.25) is 0 Å². The van der Waals surface area contributed by atoms with Crippen molar-refractivity contribution in [3.05, 3.63) is 22.5 Å². The first-order valence-electron chi connectivity index (χ1n) is 5.46. The average molecular weight is 252 g/mol. The molecular formula is C12H16N2O4. The lowest BCUT2D eigenvalue weighted by Crippen LogP contribution is -2.30. The van der Waals surface area contributed by atoms with Crippen LogP contribution in [0, 0.1) is 13.8 Å². The van der Waals surface area contributed by atoms with E-state index in [1.165, 1.54) is 13.8 Å². The summed E-state index contributed by atoms with van der Waals surface area (Å²) in [5.41, 5.74) is 6.75. The number of Topliss-reactive ketones (excluding diaryl/α,β-unsaturated/α-hetero) is 1. The molecule has 1 unspecified atom stereocenters. The highest BCUT2D eigenvalue weighted by atomic mass is 16.5. The molecule has 1 rings (SSSR count). The Labute approximate surface area is 104 Å². The largest absolute Gasteiger partial charge is 0.448 e. The molecule has 0 aliphatic rings. The van der Waals surface area contributed by atoms with E-state index in [0.29, 0.717) is 16.8 Å². The summed E-state index contributed by atoms with van der Waals surface area (Å²) >= 11 is 0. The zero-order valence-corrected chi connectivity index (χ0v) is 10.8. The lowest BCUT2D eigenvalue weighted by atomic mass is 10.1. The molecule has 0 fully saturated rings.